The number of methoxy groups -OCH3 is 1. The van der Waals surface area contributed by atoms with Crippen molar-refractivity contribution in [1.29, 1.82) is 0 Å². The first kappa shape index (κ1) is 29.2. The minimum Gasteiger partial charge on any atom is -0.479 e. The maximum absolute atomic E-state index is 13.9. The third-order valence-electron chi connectivity index (χ3n) is 6.73. The van der Waals surface area contributed by atoms with E-state index in [0.717, 1.165) is 0 Å². The molecule has 0 amide bonds. The monoisotopic (exact) mass is 592 g/mol. The van der Waals surface area contributed by atoms with E-state index in [2.05, 4.69) is 20.0 Å². The molecule has 0 aliphatic carbocycles. The number of nitrogens with one attached hydrogen (secondary N) is 1. The molecule has 41 heavy (non-hydrogen) atoms. The summed E-state index contributed by atoms with van der Waals surface area (Å²) in [6, 6.07) is 7.31. The van der Waals surface area contributed by atoms with Crippen molar-refractivity contribution in [3.63, 3.8) is 0 Å². The van der Waals surface area contributed by atoms with Gasteiger partial charge in [0.1, 0.15) is 29.6 Å². The molecule has 222 valence electrons. The van der Waals surface area contributed by atoms with Crippen molar-refractivity contribution in [1.82, 2.24) is 24.6 Å². The lowest BCUT2D eigenvalue weighted by Crippen LogP contribution is -2.56. The first-order chi connectivity index (χ1) is 19.5. The molecule has 1 spiro atoms. The number of nitrogen functional groups attached to an aromatic ring is 1. The largest absolute Gasteiger partial charge is 0.479 e. The van der Waals surface area contributed by atoms with Gasteiger partial charge in [-0.15, -0.1) is 0 Å². The number of carbonyl (C=O) groups is 1. The van der Waals surface area contributed by atoms with E-state index >= 15 is 0 Å². The SMILES string of the molecule is COc1nc(N)nc2c1ncn2[C@@H]1O[C@H](CO[P@](=O)(N[C@@H](C)C(=O)OC(C)C)Oc2ccccc2)[C@@H](O)[C@]12CCO2. The van der Waals surface area contributed by atoms with Gasteiger partial charge in [0, 0.05) is 6.42 Å². The van der Waals surface area contributed by atoms with Crippen LogP contribution in [-0.2, 0) is 28.1 Å². The van der Waals surface area contributed by atoms with Crippen LogP contribution in [0.4, 0.5) is 5.95 Å². The van der Waals surface area contributed by atoms with E-state index in [-0.39, 0.29) is 30.3 Å². The number of aliphatic hydroxyl groups is 1. The van der Waals surface area contributed by atoms with Gasteiger partial charge in [0.05, 0.1) is 32.8 Å². The zero-order valence-electron chi connectivity index (χ0n) is 23.0. The summed E-state index contributed by atoms with van der Waals surface area (Å²) >= 11 is 0. The van der Waals surface area contributed by atoms with Crippen LogP contribution in [0.25, 0.3) is 11.2 Å². The highest BCUT2D eigenvalue weighted by molar-refractivity contribution is 7.52. The topological polar surface area (TPSA) is 191 Å². The van der Waals surface area contributed by atoms with Crippen LogP contribution < -0.4 is 20.1 Å². The van der Waals surface area contributed by atoms with Crippen LogP contribution in [0.15, 0.2) is 36.7 Å². The molecule has 15 nitrogen and oxygen atoms in total. The van der Waals surface area contributed by atoms with Crippen LogP contribution >= 0.6 is 7.75 Å². The highest BCUT2D eigenvalue weighted by Gasteiger charge is 2.62. The molecule has 0 unspecified atom stereocenters. The first-order valence-corrected chi connectivity index (χ1v) is 14.6. The molecule has 2 aliphatic rings. The normalized spacial score (nSPS) is 26.0. The molecule has 4 heterocycles. The maximum atomic E-state index is 13.9. The van der Waals surface area contributed by atoms with E-state index in [9.17, 15) is 14.5 Å². The van der Waals surface area contributed by atoms with Crippen molar-refractivity contribution < 1.29 is 42.5 Å². The highest BCUT2D eigenvalue weighted by atomic mass is 31.2. The van der Waals surface area contributed by atoms with Gasteiger partial charge >= 0.3 is 13.7 Å². The summed E-state index contributed by atoms with van der Waals surface area (Å²) in [5, 5.41) is 14.0. The number of aliphatic hydroxyl groups excluding tert-OH is 1. The molecule has 5 rings (SSSR count). The summed E-state index contributed by atoms with van der Waals surface area (Å²) in [5.74, 6) is -0.242. The van der Waals surface area contributed by atoms with Gasteiger partial charge in [0.2, 0.25) is 11.8 Å². The predicted molar refractivity (Wildman–Crippen MR) is 144 cm³/mol. The number of benzene rings is 1. The number of ether oxygens (including phenoxy) is 4. The van der Waals surface area contributed by atoms with E-state index in [1.165, 1.54) is 20.4 Å². The van der Waals surface area contributed by atoms with E-state index in [1.54, 1.807) is 48.7 Å². The van der Waals surface area contributed by atoms with Gasteiger partial charge in [-0.2, -0.15) is 15.1 Å². The van der Waals surface area contributed by atoms with Crippen molar-refractivity contribution in [2.75, 3.05) is 26.1 Å². The Morgan fingerprint density at radius 2 is 2.02 bits per heavy atom. The van der Waals surface area contributed by atoms with Gasteiger partial charge in [0.25, 0.3) is 0 Å². The molecule has 6 atom stereocenters. The summed E-state index contributed by atoms with van der Waals surface area (Å²) in [4.78, 5) is 25.1. The van der Waals surface area contributed by atoms with E-state index in [4.69, 9.17) is 33.7 Å². The fourth-order valence-electron chi connectivity index (χ4n) is 4.74. The van der Waals surface area contributed by atoms with Crippen molar-refractivity contribution in [3.8, 4) is 11.6 Å². The van der Waals surface area contributed by atoms with E-state index in [0.29, 0.717) is 24.2 Å². The lowest BCUT2D eigenvalue weighted by atomic mass is 9.86. The van der Waals surface area contributed by atoms with Gasteiger partial charge in [-0.1, -0.05) is 18.2 Å². The molecule has 2 saturated heterocycles. The van der Waals surface area contributed by atoms with Crippen LogP contribution in [0.5, 0.6) is 11.6 Å². The number of anilines is 1. The zero-order valence-corrected chi connectivity index (χ0v) is 23.9. The van der Waals surface area contributed by atoms with Crippen molar-refractivity contribution in [2.24, 2.45) is 0 Å². The number of esters is 1. The third-order valence-corrected chi connectivity index (χ3v) is 8.37. The molecule has 2 aliphatic heterocycles. The van der Waals surface area contributed by atoms with Crippen LogP contribution in [0.3, 0.4) is 0 Å². The number of rotatable bonds is 11. The summed E-state index contributed by atoms with van der Waals surface area (Å²) in [5.41, 5.74) is 5.39. The van der Waals surface area contributed by atoms with Crippen molar-refractivity contribution >= 4 is 30.8 Å². The number of para-hydroxylation sites is 1. The fraction of sp³-hybridized carbons (Fsp3) is 0.520. The molecule has 2 fully saturated rings. The van der Waals surface area contributed by atoms with Gasteiger partial charge < -0.3 is 34.3 Å². The van der Waals surface area contributed by atoms with Gasteiger partial charge in [0.15, 0.2) is 17.4 Å². The molecule has 0 radical (unpaired) electrons. The van der Waals surface area contributed by atoms with Crippen LogP contribution in [0.2, 0.25) is 0 Å². The Balaban J connectivity index is 1.38. The number of hydrogen-bond acceptors (Lipinski definition) is 13. The fourth-order valence-corrected chi connectivity index (χ4v) is 6.24. The van der Waals surface area contributed by atoms with E-state index < -0.39 is 43.8 Å². The minimum atomic E-state index is -4.20. The molecule has 4 N–H and O–H groups in total. The molecule has 0 saturated carbocycles. The number of carbonyl (C=O) groups excluding carboxylic acids is 1. The average molecular weight is 593 g/mol. The Morgan fingerprint density at radius 3 is 2.66 bits per heavy atom. The van der Waals surface area contributed by atoms with Gasteiger partial charge in [-0.25, -0.2) is 9.55 Å². The quantitative estimate of drug-likeness (QED) is 0.216. The highest BCUT2D eigenvalue weighted by Crippen LogP contribution is 2.51. The molecule has 1 aromatic carbocycles. The number of nitrogens with zero attached hydrogens (tertiary/aromatic N) is 4. The molecular formula is C25H33N6O9P. The Labute approximate surface area is 235 Å². The molecular weight excluding hydrogens is 559 g/mol. The maximum Gasteiger partial charge on any atom is 0.459 e. The number of hydrogen-bond donors (Lipinski definition) is 3. The lowest BCUT2D eigenvalue weighted by molar-refractivity contribution is -0.225. The minimum absolute atomic E-state index is 0.0340. The smallest absolute Gasteiger partial charge is 0.459 e. The predicted octanol–water partition coefficient (Wildman–Crippen LogP) is 1.97. The number of nitrogens with two attached hydrogens (primary N) is 1. The standard InChI is InChI=1S/C25H33N6O9P/c1-14(2)38-22(33)15(3)30-41(34,40-16-8-6-5-7-9-16)37-12-17-19(32)25(10-11-36-25)23(39-17)31-13-27-18-20(31)28-24(26)29-21(18)35-4/h5-9,13-15,17,19,23,32H,10-12H2,1-4H3,(H,30,34)(H2,26,28,29)/t15-,17+,19+,23+,25+,41+/m0/s1. The molecule has 0 bridgehead atoms. The Morgan fingerprint density at radius 1 is 1.29 bits per heavy atom. The van der Waals surface area contributed by atoms with Crippen molar-refractivity contribution in [2.45, 2.75) is 63.4 Å². The number of imidazole rings is 1. The van der Waals surface area contributed by atoms with Crippen LogP contribution in [0, 0.1) is 0 Å². The Kier molecular flexibility index (Phi) is 8.19. The number of aromatic nitrogens is 4. The van der Waals surface area contributed by atoms with Gasteiger partial charge in [-0.05, 0) is 32.9 Å². The summed E-state index contributed by atoms with van der Waals surface area (Å²) < 4.78 is 49.6. The summed E-state index contributed by atoms with van der Waals surface area (Å²) in [6.45, 7) is 4.90. The summed E-state index contributed by atoms with van der Waals surface area (Å²) in [6.07, 6.45) is -1.52. The molecule has 16 heteroatoms. The zero-order chi connectivity index (χ0) is 29.4. The van der Waals surface area contributed by atoms with Crippen LogP contribution in [0.1, 0.15) is 33.4 Å². The van der Waals surface area contributed by atoms with Gasteiger partial charge in [-0.3, -0.25) is 13.9 Å². The van der Waals surface area contributed by atoms with E-state index in [1.807, 2.05) is 0 Å². The molecule has 2 aromatic heterocycles. The summed E-state index contributed by atoms with van der Waals surface area (Å²) in [7, 11) is -2.76. The second kappa shape index (κ2) is 11.5. The van der Waals surface area contributed by atoms with Crippen molar-refractivity contribution in [3.05, 3.63) is 36.7 Å². The number of fused-ring (bicyclic) bond motifs is 1. The third kappa shape index (κ3) is 5.73. The Bertz CT molecular complexity index is 1430. The second-order valence-electron chi connectivity index (χ2n) is 9.97. The second-order valence-corrected chi connectivity index (χ2v) is 11.7. The average Bonchev–Trinajstić information content (AvgIpc) is 3.45. The Hall–Kier alpha value is -3.33. The lowest BCUT2D eigenvalue weighted by Gasteiger charge is -2.44. The first-order valence-electron chi connectivity index (χ1n) is 13.0. The molecule has 3 aromatic rings. The van der Waals surface area contributed by atoms with Crippen LogP contribution in [-0.4, -0.2) is 80.9 Å².